The number of esters is 1. The number of carbonyl (C=O) groups is 1. The Morgan fingerprint density at radius 2 is 1.88 bits per heavy atom. The highest BCUT2D eigenvalue weighted by Gasteiger charge is 2.47. The van der Waals surface area contributed by atoms with Crippen molar-refractivity contribution in [2.24, 2.45) is 0 Å². The molecule has 1 rings (SSSR count). The molecular weight excluding hydrogens is 264 g/mol. The summed E-state index contributed by atoms with van der Waals surface area (Å²) < 4.78 is 26.8. The van der Waals surface area contributed by atoms with Crippen molar-refractivity contribution in [2.75, 3.05) is 6.61 Å². The third-order valence-electron chi connectivity index (χ3n) is 2.20. The maximum atomic E-state index is 12.1. The van der Waals surface area contributed by atoms with Crippen LogP contribution in [0.15, 0.2) is 35.2 Å². The quantitative estimate of drug-likeness (QED) is 0.623. The summed E-state index contributed by atoms with van der Waals surface area (Å²) >= 11 is 5.83. The van der Waals surface area contributed by atoms with E-state index in [4.69, 9.17) is 11.6 Å². The van der Waals surface area contributed by atoms with Crippen molar-refractivity contribution in [1.82, 2.24) is 0 Å². The molecule has 1 unspecified atom stereocenters. The predicted octanol–water partition coefficient (Wildman–Crippen LogP) is 1.98. The molecule has 1 aromatic rings. The van der Waals surface area contributed by atoms with Crippen LogP contribution in [0.2, 0.25) is 0 Å². The fourth-order valence-electron chi connectivity index (χ4n) is 1.19. The van der Waals surface area contributed by atoms with Crippen LogP contribution in [-0.2, 0) is 19.4 Å². The molecule has 94 valence electrons. The van der Waals surface area contributed by atoms with Crippen molar-refractivity contribution in [3.63, 3.8) is 0 Å². The Hall–Kier alpha value is -1.07. The fourth-order valence-corrected chi connectivity index (χ4v) is 2.75. The van der Waals surface area contributed by atoms with Crippen LogP contribution in [0.25, 0.3) is 0 Å². The van der Waals surface area contributed by atoms with E-state index in [0.29, 0.717) is 0 Å². The second-order valence-corrected chi connectivity index (χ2v) is 6.73. The first-order chi connectivity index (χ1) is 7.84. The van der Waals surface area contributed by atoms with Crippen LogP contribution in [0.5, 0.6) is 0 Å². The van der Waals surface area contributed by atoms with Gasteiger partial charge in [0.05, 0.1) is 11.5 Å². The molecule has 4 nitrogen and oxygen atoms in total. The van der Waals surface area contributed by atoms with Gasteiger partial charge in [-0.1, -0.05) is 29.8 Å². The van der Waals surface area contributed by atoms with Gasteiger partial charge in [0.2, 0.25) is 14.0 Å². The van der Waals surface area contributed by atoms with Gasteiger partial charge in [-0.2, -0.15) is 0 Å². The summed E-state index contributed by atoms with van der Waals surface area (Å²) in [7, 11) is -3.97. The highest BCUT2D eigenvalue weighted by Crippen LogP contribution is 2.30. The van der Waals surface area contributed by atoms with Crippen molar-refractivity contribution in [2.45, 2.75) is 22.9 Å². The average Bonchev–Trinajstić information content (AvgIpc) is 2.30. The molecule has 0 radical (unpaired) electrons. The van der Waals surface area contributed by atoms with Crippen LogP contribution in [-0.4, -0.2) is 25.2 Å². The lowest BCUT2D eigenvalue weighted by atomic mass is 10.4. The highest BCUT2D eigenvalue weighted by atomic mass is 35.5. The predicted molar refractivity (Wildman–Crippen MR) is 64.5 cm³/mol. The minimum Gasteiger partial charge on any atom is -0.464 e. The van der Waals surface area contributed by atoms with Crippen molar-refractivity contribution in [1.29, 1.82) is 0 Å². The minimum atomic E-state index is -3.97. The van der Waals surface area contributed by atoms with Crippen LogP contribution in [0.1, 0.15) is 13.8 Å². The lowest BCUT2D eigenvalue weighted by molar-refractivity contribution is -0.143. The molecule has 1 atom stereocenters. The molecule has 0 bridgehead atoms. The van der Waals surface area contributed by atoms with Crippen LogP contribution in [0.4, 0.5) is 0 Å². The molecular formula is C11H13ClO4S. The zero-order chi connectivity index (χ0) is 13.1. The molecule has 0 aliphatic heterocycles. The Morgan fingerprint density at radius 1 is 1.35 bits per heavy atom. The van der Waals surface area contributed by atoms with Crippen LogP contribution in [0.3, 0.4) is 0 Å². The first-order valence-corrected chi connectivity index (χ1v) is 6.86. The number of carbonyl (C=O) groups excluding carboxylic acids is 1. The number of hydrogen-bond donors (Lipinski definition) is 0. The molecule has 0 aliphatic carbocycles. The summed E-state index contributed by atoms with van der Waals surface area (Å²) in [6.45, 7) is 2.78. The Kier molecular flexibility index (Phi) is 4.16. The van der Waals surface area contributed by atoms with Crippen LogP contribution < -0.4 is 0 Å². The maximum Gasteiger partial charge on any atom is 0.343 e. The molecule has 6 heteroatoms. The van der Waals surface area contributed by atoms with Gasteiger partial charge in [-0.3, -0.25) is 0 Å². The van der Waals surface area contributed by atoms with Gasteiger partial charge in [0.25, 0.3) is 0 Å². The Labute approximate surface area is 105 Å². The Balaban J connectivity index is 3.19. The number of hydrogen-bond acceptors (Lipinski definition) is 4. The van der Waals surface area contributed by atoms with E-state index in [-0.39, 0.29) is 11.5 Å². The van der Waals surface area contributed by atoms with Gasteiger partial charge in [-0.15, -0.1) is 0 Å². The van der Waals surface area contributed by atoms with Gasteiger partial charge >= 0.3 is 5.97 Å². The van der Waals surface area contributed by atoms with Crippen LogP contribution in [0, 0.1) is 0 Å². The molecule has 0 saturated heterocycles. The van der Waals surface area contributed by atoms with Gasteiger partial charge < -0.3 is 4.74 Å². The second-order valence-electron chi connectivity index (χ2n) is 3.45. The molecule has 0 N–H and O–H groups in total. The SMILES string of the molecule is CCOC(=O)C(C)(Cl)S(=O)(=O)c1ccccc1. The molecule has 0 aromatic heterocycles. The standard InChI is InChI=1S/C11H13ClO4S/c1-3-16-10(13)11(2,12)17(14,15)9-7-5-4-6-8-9/h4-8H,3H2,1-2H3. The Bertz CT molecular complexity index is 493. The van der Waals surface area contributed by atoms with E-state index in [9.17, 15) is 13.2 Å². The van der Waals surface area contributed by atoms with E-state index in [2.05, 4.69) is 4.74 Å². The first-order valence-electron chi connectivity index (χ1n) is 5.00. The number of ether oxygens (including phenoxy) is 1. The number of rotatable bonds is 4. The molecule has 1 aromatic carbocycles. The number of halogens is 1. The Morgan fingerprint density at radius 3 is 2.35 bits per heavy atom. The summed E-state index contributed by atoms with van der Waals surface area (Å²) in [6.07, 6.45) is 0. The summed E-state index contributed by atoms with van der Waals surface area (Å²) in [5, 5.41) is 0. The molecule has 0 spiro atoms. The smallest absolute Gasteiger partial charge is 0.343 e. The third-order valence-corrected chi connectivity index (χ3v) is 5.03. The molecule has 0 heterocycles. The van der Waals surface area contributed by atoms with E-state index in [0.717, 1.165) is 6.92 Å². The largest absolute Gasteiger partial charge is 0.464 e. The topological polar surface area (TPSA) is 60.4 Å². The first kappa shape index (κ1) is 14.0. The zero-order valence-electron chi connectivity index (χ0n) is 9.51. The van der Waals surface area contributed by atoms with E-state index < -0.39 is 20.0 Å². The van der Waals surface area contributed by atoms with E-state index in [1.807, 2.05) is 0 Å². The lowest BCUT2D eigenvalue weighted by Gasteiger charge is -2.20. The summed E-state index contributed by atoms with van der Waals surface area (Å²) in [5.41, 5.74) is 0. The third kappa shape index (κ3) is 2.61. The second kappa shape index (κ2) is 5.06. The van der Waals surface area contributed by atoms with Crippen molar-refractivity contribution in [3.8, 4) is 0 Å². The van der Waals surface area contributed by atoms with Gasteiger partial charge in [0.1, 0.15) is 0 Å². The van der Waals surface area contributed by atoms with Gasteiger partial charge in [0.15, 0.2) is 0 Å². The van der Waals surface area contributed by atoms with Gasteiger partial charge in [-0.25, -0.2) is 13.2 Å². The summed E-state index contributed by atoms with van der Waals surface area (Å²) in [5.74, 6) is -0.967. The molecule has 17 heavy (non-hydrogen) atoms. The van der Waals surface area contributed by atoms with Gasteiger partial charge in [-0.05, 0) is 26.0 Å². The van der Waals surface area contributed by atoms with E-state index in [1.54, 1.807) is 25.1 Å². The number of benzene rings is 1. The fraction of sp³-hybridized carbons (Fsp3) is 0.364. The van der Waals surface area contributed by atoms with Crippen molar-refractivity contribution < 1.29 is 17.9 Å². The molecule has 0 saturated carbocycles. The highest BCUT2D eigenvalue weighted by molar-refractivity contribution is 7.95. The zero-order valence-corrected chi connectivity index (χ0v) is 11.1. The number of sulfone groups is 1. The number of alkyl halides is 1. The molecule has 0 amide bonds. The van der Waals surface area contributed by atoms with Crippen molar-refractivity contribution >= 4 is 27.4 Å². The monoisotopic (exact) mass is 276 g/mol. The lowest BCUT2D eigenvalue weighted by Crippen LogP contribution is -2.39. The summed E-state index contributed by atoms with van der Waals surface area (Å²) in [6, 6.07) is 7.56. The van der Waals surface area contributed by atoms with Crippen molar-refractivity contribution in [3.05, 3.63) is 30.3 Å². The van der Waals surface area contributed by atoms with Gasteiger partial charge in [0, 0.05) is 0 Å². The maximum absolute atomic E-state index is 12.1. The van der Waals surface area contributed by atoms with E-state index >= 15 is 0 Å². The average molecular weight is 277 g/mol. The summed E-state index contributed by atoms with van der Waals surface area (Å²) in [4.78, 5) is 11.5. The normalized spacial score (nSPS) is 15.0. The van der Waals surface area contributed by atoms with Crippen LogP contribution >= 0.6 is 11.6 Å². The minimum absolute atomic E-state index is 0.00875. The molecule has 0 fully saturated rings. The van der Waals surface area contributed by atoms with E-state index in [1.165, 1.54) is 12.1 Å². The molecule has 0 aliphatic rings.